The van der Waals surface area contributed by atoms with Crippen LogP contribution in [-0.4, -0.2) is 5.91 Å². The lowest BCUT2D eigenvalue weighted by atomic mass is 10.2. The molecule has 98 valence electrons. The van der Waals surface area contributed by atoms with E-state index in [-0.39, 0.29) is 15.9 Å². The SMILES string of the molecule is Nc1cccc(CNC(=O)c2cccc(F)c2Br)c1. The zero-order valence-electron chi connectivity index (χ0n) is 9.99. The molecule has 2 aromatic carbocycles. The molecule has 0 aliphatic rings. The number of hydrogen-bond donors (Lipinski definition) is 2. The van der Waals surface area contributed by atoms with Crippen molar-refractivity contribution in [3.8, 4) is 0 Å². The first kappa shape index (κ1) is 13.5. The van der Waals surface area contributed by atoms with E-state index in [1.54, 1.807) is 18.2 Å². The molecule has 0 unspecified atom stereocenters. The van der Waals surface area contributed by atoms with Crippen molar-refractivity contribution < 1.29 is 9.18 Å². The Morgan fingerprint density at radius 3 is 2.74 bits per heavy atom. The highest BCUT2D eigenvalue weighted by atomic mass is 79.9. The smallest absolute Gasteiger partial charge is 0.252 e. The fourth-order valence-electron chi connectivity index (χ4n) is 1.66. The van der Waals surface area contributed by atoms with Crippen LogP contribution in [0, 0.1) is 5.82 Å². The van der Waals surface area contributed by atoms with Crippen LogP contribution in [0.3, 0.4) is 0 Å². The van der Waals surface area contributed by atoms with E-state index in [9.17, 15) is 9.18 Å². The Bertz CT molecular complexity index is 616. The third kappa shape index (κ3) is 3.32. The molecule has 1 amide bonds. The van der Waals surface area contributed by atoms with Crippen molar-refractivity contribution in [2.75, 3.05) is 5.73 Å². The average Bonchev–Trinajstić information content (AvgIpc) is 2.39. The van der Waals surface area contributed by atoms with Crippen LogP contribution in [0.1, 0.15) is 15.9 Å². The number of hydrogen-bond acceptors (Lipinski definition) is 2. The number of carbonyl (C=O) groups is 1. The van der Waals surface area contributed by atoms with Crippen LogP contribution < -0.4 is 11.1 Å². The average molecular weight is 323 g/mol. The number of rotatable bonds is 3. The second-order valence-electron chi connectivity index (χ2n) is 4.03. The van der Waals surface area contributed by atoms with E-state index in [4.69, 9.17) is 5.73 Å². The molecule has 2 aromatic rings. The molecule has 0 spiro atoms. The van der Waals surface area contributed by atoms with Crippen LogP contribution in [-0.2, 0) is 6.54 Å². The molecule has 3 nitrogen and oxygen atoms in total. The molecule has 0 heterocycles. The topological polar surface area (TPSA) is 55.1 Å². The molecule has 0 saturated carbocycles. The van der Waals surface area contributed by atoms with Crippen LogP contribution in [0.5, 0.6) is 0 Å². The molecule has 5 heteroatoms. The van der Waals surface area contributed by atoms with E-state index in [1.165, 1.54) is 12.1 Å². The van der Waals surface area contributed by atoms with Gasteiger partial charge in [-0.25, -0.2) is 4.39 Å². The van der Waals surface area contributed by atoms with E-state index in [0.717, 1.165) is 5.56 Å². The zero-order valence-corrected chi connectivity index (χ0v) is 11.6. The van der Waals surface area contributed by atoms with E-state index in [2.05, 4.69) is 21.2 Å². The van der Waals surface area contributed by atoms with Crippen LogP contribution in [0.25, 0.3) is 0 Å². The number of nitrogen functional groups attached to an aromatic ring is 1. The Labute approximate surface area is 118 Å². The maximum absolute atomic E-state index is 13.3. The third-order valence-corrected chi connectivity index (χ3v) is 3.41. The summed E-state index contributed by atoms with van der Waals surface area (Å²) in [5.74, 6) is -0.801. The predicted molar refractivity (Wildman–Crippen MR) is 76.1 cm³/mol. The van der Waals surface area contributed by atoms with Gasteiger partial charge in [-0.05, 0) is 45.8 Å². The Hall–Kier alpha value is -1.88. The molecular formula is C14H12BrFN2O. The Balaban J connectivity index is 2.08. The lowest BCUT2D eigenvalue weighted by Crippen LogP contribution is -2.23. The second kappa shape index (κ2) is 5.84. The van der Waals surface area contributed by atoms with Crippen molar-refractivity contribution in [3.63, 3.8) is 0 Å². The molecule has 2 rings (SSSR count). The highest BCUT2D eigenvalue weighted by molar-refractivity contribution is 9.10. The Kier molecular flexibility index (Phi) is 4.16. The van der Waals surface area contributed by atoms with Gasteiger partial charge in [-0.15, -0.1) is 0 Å². The number of amides is 1. The summed E-state index contributed by atoms with van der Waals surface area (Å²) in [5.41, 5.74) is 7.45. The molecule has 0 fully saturated rings. The first-order chi connectivity index (χ1) is 9.08. The van der Waals surface area contributed by atoms with Gasteiger partial charge in [-0.1, -0.05) is 18.2 Å². The highest BCUT2D eigenvalue weighted by Crippen LogP contribution is 2.20. The minimum absolute atomic E-state index is 0.167. The molecule has 0 radical (unpaired) electrons. The zero-order chi connectivity index (χ0) is 13.8. The fourth-order valence-corrected chi connectivity index (χ4v) is 2.10. The van der Waals surface area contributed by atoms with Gasteiger partial charge in [-0.2, -0.15) is 0 Å². The van der Waals surface area contributed by atoms with Crippen LogP contribution in [0.4, 0.5) is 10.1 Å². The van der Waals surface area contributed by atoms with E-state index < -0.39 is 5.82 Å². The highest BCUT2D eigenvalue weighted by Gasteiger charge is 2.12. The second-order valence-corrected chi connectivity index (χ2v) is 4.82. The van der Waals surface area contributed by atoms with Crippen molar-refractivity contribution in [1.82, 2.24) is 5.32 Å². The molecule has 19 heavy (non-hydrogen) atoms. The monoisotopic (exact) mass is 322 g/mol. The molecule has 0 bridgehead atoms. The summed E-state index contributed by atoms with van der Waals surface area (Å²) in [7, 11) is 0. The van der Waals surface area contributed by atoms with Gasteiger partial charge in [0, 0.05) is 12.2 Å². The summed E-state index contributed by atoms with van der Waals surface area (Å²) >= 11 is 3.06. The minimum Gasteiger partial charge on any atom is -0.399 e. The Morgan fingerprint density at radius 2 is 2.00 bits per heavy atom. The first-order valence-corrected chi connectivity index (χ1v) is 6.44. The summed E-state index contributed by atoms with van der Waals surface area (Å²) in [6, 6.07) is 11.6. The van der Waals surface area contributed by atoms with Crippen molar-refractivity contribution in [2.45, 2.75) is 6.54 Å². The molecule has 3 N–H and O–H groups in total. The maximum atomic E-state index is 13.3. The standard InChI is InChI=1S/C14H12BrFN2O/c15-13-11(5-2-6-12(13)16)14(19)18-8-9-3-1-4-10(17)7-9/h1-7H,8,17H2,(H,18,19). The molecule has 0 aliphatic heterocycles. The quantitative estimate of drug-likeness (QED) is 0.853. The molecule has 0 atom stereocenters. The number of nitrogens with one attached hydrogen (secondary N) is 1. The van der Waals surface area contributed by atoms with E-state index in [0.29, 0.717) is 12.2 Å². The first-order valence-electron chi connectivity index (χ1n) is 5.64. The lowest BCUT2D eigenvalue weighted by Gasteiger charge is -2.08. The van der Waals surface area contributed by atoms with Crippen molar-refractivity contribution >= 4 is 27.5 Å². The number of anilines is 1. The summed E-state index contributed by atoms with van der Waals surface area (Å²) in [5, 5.41) is 2.72. The number of halogens is 2. The van der Waals surface area contributed by atoms with Crippen molar-refractivity contribution in [3.05, 3.63) is 63.9 Å². The summed E-state index contributed by atoms with van der Waals surface area (Å²) in [4.78, 5) is 11.9. The predicted octanol–water partition coefficient (Wildman–Crippen LogP) is 3.10. The normalized spacial score (nSPS) is 10.2. The van der Waals surface area contributed by atoms with Gasteiger partial charge in [0.05, 0.1) is 10.0 Å². The van der Waals surface area contributed by atoms with Gasteiger partial charge >= 0.3 is 0 Å². The van der Waals surface area contributed by atoms with Crippen LogP contribution >= 0.6 is 15.9 Å². The molecule has 0 saturated heterocycles. The number of carbonyl (C=O) groups excluding carboxylic acids is 1. The van der Waals surface area contributed by atoms with Gasteiger partial charge in [0.2, 0.25) is 0 Å². The van der Waals surface area contributed by atoms with E-state index >= 15 is 0 Å². The van der Waals surface area contributed by atoms with Crippen molar-refractivity contribution in [1.29, 1.82) is 0 Å². The lowest BCUT2D eigenvalue weighted by molar-refractivity contribution is 0.0949. The fraction of sp³-hybridized carbons (Fsp3) is 0.0714. The van der Waals surface area contributed by atoms with Gasteiger partial charge in [0.15, 0.2) is 0 Å². The third-order valence-electron chi connectivity index (χ3n) is 2.60. The van der Waals surface area contributed by atoms with Crippen molar-refractivity contribution in [2.24, 2.45) is 0 Å². The van der Waals surface area contributed by atoms with Gasteiger partial charge in [-0.3, -0.25) is 4.79 Å². The molecule has 0 aromatic heterocycles. The minimum atomic E-state index is -0.461. The Morgan fingerprint density at radius 1 is 1.26 bits per heavy atom. The number of nitrogens with two attached hydrogens (primary N) is 1. The summed E-state index contributed by atoms with van der Waals surface area (Å²) < 4.78 is 13.5. The summed E-state index contributed by atoms with van der Waals surface area (Å²) in [6.45, 7) is 0.340. The number of benzene rings is 2. The maximum Gasteiger partial charge on any atom is 0.252 e. The van der Waals surface area contributed by atoms with Crippen LogP contribution in [0.2, 0.25) is 0 Å². The van der Waals surface area contributed by atoms with Gasteiger partial charge in [0.25, 0.3) is 5.91 Å². The van der Waals surface area contributed by atoms with Gasteiger partial charge < -0.3 is 11.1 Å². The molecule has 0 aliphatic carbocycles. The molecular weight excluding hydrogens is 311 g/mol. The van der Waals surface area contributed by atoms with Crippen LogP contribution in [0.15, 0.2) is 46.9 Å². The van der Waals surface area contributed by atoms with Gasteiger partial charge in [0.1, 0.15) is 5.82 Å². The summed E-state index contributed by atoms with van der Waals surface area (Å²) in [6.07, 6.45) is 0. The largest absolute Gasteiger partial charge is 0.399 e. The van der Waals surface area contributed by atoms with E-state index in [1.807, 2.05) is 12.1 Å².